The highest BCUT2D eigenvalue weighted by molar-refractivity contribution is 5.92. The predicted octanol–water partition coefficient (Wildman–Crippen LogP) is 7.08. The SMILES string of the molecule is CCCCCCC(OC(=O)c1ccc(OC(=O)c2ccc(C)cc2)cc1)c1ccccc1. The highest BCUT2D eigenvalue weighted by Crippen LogP contribution is 2.26. The van der Waals surface area contributed by atoms with Crippen LogP contribution in [0.25, 0.3) is 0 Å². The molecule has 0 saturated heterocycles. The van der Waals surface area contributed by atoms with Crippen LogP contribution in [0.2, 0.25) is 0 Å². The Balaban J connectivity index is 1.62. The second-order valence-corrected chi connectivity index (χ2v) is 7.93. The first-order chi connectivity index (χ1) is 15.6. The Hall–Kier alpha value is -3.40. The summed E-state index contributed by atoms with van der Waals surface area (Å²) in [6.45, 7) is 4.14. The van der Waals surface area contributed by atoms with Crippen molar-refractivity contribution in [1.29, 1.82) is 0 Å². The first-order valence-electron chi connectivity index (χ1n) is 11.2. The lowest BCUT2D eigenvalue weighted by molar-refractivity contribution is 0.0270. The van der Waals surface area contributed by atoms with Crippen LogP contribution in [0.4, 0.5) is 0 Å². The molecule has 0 aliphatic heterocycles. The first-order valence-corrected chi connectivity index (χ1v) is 11.2. The van der Waals surface area contributed by atoms with E-state index in [1.165, 1.54) is 6.42 Å². The molecular formula is C28H30O4. The molecule has 0 aliphatic carbocycles. The standard InChI is InChI=1S/C28H30O4/c1-3-4-5-9-12-26(22-10-7-6-8-11-22)32-28(30)24-17-19-25(20-18-24)31-27(29)23-15-13-21(2)14-16-23/h6-8,10-11,13-20,26H,3-5,9,12H2,1-2H3. The summed E-state index contributed by atoms with van der Waals surface area (Å²) in [5.41, 5.74) is 2.98. The Bertz CT molecular complexity index is 992. The molecule has 0 aromatic heterocycles. The zero-order chi connectivity index (χ0) is 22.8. The molecule has 3 rings (SSSR count). The molecule has 0 heterocycles. The van der Waals surface area contributed by atoms with Gasteiger partial charge in [0.1, 0.15) is 11.9 Å². The zero-order valence-electron chi connectivity index (χ0n) is 18.8. The number of hydrogen-bond acceptors (Lipinski definition) is 4. The highest BCUT2D eigenvalue weighted by Gasteiger charge is 2.18. The minimum atomic E-state index is -0.434. The van der Waals surface area contributed by atoms with Gasteiger partial charge >= 0.3 is 11.9 Å². The molecule has 3 aromatic carbocycles. The molecule has 32 heavy (non-hydrogen) atoms. The van der Waals surface area contributed by atoms with Crippen LogP contribution >= 0.6 is 0 Å². The third-order valence-electron chi connectivity index (χ3n) is 5.33. The van der Waals surface area contributed by atoms with Crippen LogP contribution in [0.15, 0.2) is 78.9 Å². The number of carbonyl (C=O) groups is 2. The minimum Gasteiger partial charge on any atom is -0.454 e. The third-order valence-corrected chi connectivity index (χ3v) is 5.33. The highest BCUT2D eigenvalue weighted by atomic mass is 16.5. The first kappa shape index (κ1) is 23.3. The Labute approximate surface area is 190 Å². The number of carbonyl (C=O) groups excluding carboxylic acids is 2. The molecule has 1 unspecified atom stereocenters. The summed E-state index contributed by atoms with van der Waals surface area (Å²) < 4.78 is 11.3. The molecule has 0 bridgehead atoms. The van der Waals surface area contributed by atoms with Crippen molar-refractivity contribution in [1.82, 2.24) is 0 Å². The van der Waals surface area contributed by atoms with Gasteiger partial charge in [-0.1, -0.05) is 74.2 Å². The Morgan fingerprint density at radius 2 is 1.38 bits per heavy atom. The monoisotopic (exact) mass is 430 g/mol. The van der Waals surface area contributed by atoms with Crippen LogP contribution in [0.3, 0.4) is 0 Å². The maximum absolute atomic E-state index is 12.8. The van der Waals surface area contributed by atoms with Crippen molar-refractivity contribution in [2.24, 2.45) is 0 Å². The van der Waals surface area contributed by atoms with Crippen LogP contribution < -0.4 is 4.74 Å². The van der Waals surface area contributed by atoms with E-state index in [0.29, 0.717) is 16.9 Å². The second kappa shape index (κ2) is 11.8. The minimum absolute atomic E-state index is 0.278. The van der Waals surface area contributed by atoms with Crippen molar-refractivity contribution < 1.29 is 19.1 Å². The Kier molecular flexibility index (Phi) is 8.61. The van der Waals surface area contributed by atoms with Gasteiger partial charge < -0.3 is 9.47 Å². The van der Waals surface area contributed by atoms with E-state index < -0.39 is 5.97 Å². The van der Waals surface area contributed by atoms with Gasteiger partial charge in [-0.15, -0.1) is 0 Å². The average Bonchev–Trinajstić information content (AvgIpc) is 2.82. The zero-order valence-corrected chi connectivity index (χ0v) is 18.8. The van der Waals surface area contributed by atoms with Gasteiger partial charge in [-0.25, -0.2) is 9.59 Å². The molecule has 0 aliphatic rings. The fourth-order valence-corrected chi connectivity index (χ4v) is 3.43. The maximum Gasteiger partial charge on any atom is 0.343 e. The van der Waals surface area contributed by atoms with Gasteiger partial charge in [0.2, 0.25) is 0 Å². The van der Waals surface area contributed by atoms with E-state index in [1.54, 1.807) is 36.4 Å². The molecule has 1 atom stereocenters. The predicted molar refractivity (Wildman–Crippen MR) is 126 cm³/mol. The Morgan fingerprint density at radius 1 is 0.750 bits per heavy atom. The van der Waals surface area contributed by atoms with Gasteiger partial charge in [0.05, 0.1) is 11.1 Å². The van der Waals surface area contributed by atoms with Crippen LogP contribution in [0.5, 0.6) is 5.75 Å². The Morgan fingerprint density at radius 3 is 2.03 bits per heavy atom. The van der Waals surface area contributed by atoms with Gasteiger partial charge in [0.15, 0.2) is 0 Å². The number of unbranched alkanes of at least 4 members (excludes halogenated alkanes) is 3. The number of hydrogen-bond donors (Lipinski definition) is 0. The van der Waals surface area contributed by atoms with Crippen molar-refractivity contribution in [2.45, 2.75) is 52.1 Å². The fourth-order valence-electron chi connectivity index (χ4n) is 3.43. The molecule has 166 valence electrons. The summed E-state index contributed by atoms with van der Waals surface area (Å²) in [7, 11) is 0. The largest absolute Gasteiger partial charge is 0.454 e. The average molecular weight is 431 g/mol. The molecular weight excluding hydrogens is 400 g/mol. The van der Waals surface area contributed by atoms with Crippen LogP contribution in [-0.2, 0) is 4.74 Å². The van der Waals surface area contributed by atoms with Crippen molar-refractivity contribution in [2.75, 3.05) is 0 Å². The number of benzene rings is 3. The summed E-state index contributed by atoms with van der Waals surface area (Å²) in [4.78, 5) is 25.1. The quantitative estimate of drug-likeness (QED) is 0.196. The van der Waals surface area contributed by atoms with E-state index in [1.807, 2.05) is 49.4 Å². The van der Waals surface area contributed by atoms with Crippen LogP contribution in [-0.4, -0.2) is 11.9 Å². The molecule has 4 nitrogen and oxygen atoms in total. The maximum atomic E-state index is 12.8. The molecule has 4 heteroatoms. The molecule has 0 spiro atoms. The normalized spacial score (nSPS) is 11.6. The summed E-state index contributed by atoms with van der Waals surface area (Å²) in [6.07, 6.45) is 4.99. The van der Waals surface area contributed by atoms with Crippen molar-refractivity contribution in [3.05, 3.63) is 101 Å². The number of ether oxygens (including phenoxy) is 2. The van der Waals surface area contributed by atoms with Crippen molar-refractivity contribution >= 4 is 11.9 Å². The van der Waals surface area contributed by atoms with Crippen LogP contribution in [0.1, 0.15) is 77.0 Å². The summed E-state index contributed by atoms with van der Waals surface area (Å²) in [5, 5.41) is 0. The third kappa shape index (κ3) is 6.81. The summed E-state index contributed by atoms with van der Waals surface area (Å²) in [6, 6.07) is 23.5. The molecule has 0 amide bonds. The van der Waals surface area contributed by atoms with Gasteiger partial charge in [0.25, 0.3) is 0 Å². The van der Waals surface area contributed by atoms with Crippen LogP contribution in [0, 0.1) is 6.92 Å². The van der Waals surface area contributed by atoms with E-state index in [2.05, 4.69) is 6.92 Å². The lowest BCUT2D eigenvalue weighted by atomic mass is 10.0. The van der Waals surface area contributed by atoms with Gasteiger partial charge in [-0.3, -0.25) is 0 Å². The number of aryl methyl sites for hydroxylation is 1. The lowest BCUT2D eigenvalue weighted by Gasteiger charge is -2.18. The molecule has 0 fully saturated rings. The van der Waals surface area contributed by atoms with Gasteiger partial charge in [-0.2, -0.15) is 0 Å². The van der Waals surface area contributed by atoms with Crippen molar-refractivity contribution in [3.63, 3.8) is 0 Å². The van der Waals surface area contributed by atoms with Gasteiger partial charge in [0, 0.05) is 0 Å². The van der Waals surface area contributed by atoms with E-state index in [9.17, 15) is 9.59 Å². The number of rotatable bonds is 10. The van der Waals surface area contributed by atoms with Gasteiger partial charge in [-0.05, 0) is 61.7 Å². The summed E-state index contributed by atoms with van der Waals surface area (Å²) >= 11 is 0. The van der Waals surface area contributed by atoms with E-state index in [4.69, 9.17) is 9.47 Å². The van der Waals surface area contributed by atoms with Crippen molar-refractivity contribution in [3.8, 4) is 5.75 Å². The topological polar surface area (TPSA) is 52.6 Å². The number of esters is 2. The molecule has 3 aromatic rings. The van der Waals surface area contributed by atoms with E-state index in [-0.39, 0.29) is 12.1 Å². The van der Waals surface area contributed by atoms with E-state index in [0.717, 1.165) is 36.8 Å². The molecule has 0 radical (unpaired) electrons. The molecule has 0 saturated carbocycles. The van der Waals surface area contributed by atoms with E-state index >= 15 is 0 Å². The molecule has 0 N–H and O–H groups in total. The summed E-state index contributed by atoms with van der Waals surface area (Å²) in [5.74, 6) is -0.436. The smallest absolute Gasteiger partial charge is 0.343 e. The second-order valence-electron chi connectivity index (χ2n) is 7.93. The lowest BCUT2D eigenvalue weighted by Crippen LogP contribution is -2.12. The fraction of sp³-hybridized carbons (Fsp3) is 0.286.